The molecule has 0 spiro atoms. The molecule has 1 aromatic heterocycles. The predicted molar refractivity (Wildman–Crippen MR) is 75.6 cm³/mol. The van der Waals surface area contributed by atoms with Crippen LogP contribution < -0.4 is 16.0 Å². The van der Waals surface area contributed by atoms with E-state index in [1.807, 2.05) is 36.6 Å². The Balaban J connectivity index is 2.15. The maximum Gasteiger partial charge on any atom is 0.287 e. The molecular weight excluding hydrogens is 274 g/mol. The van der Waals surface area contributed by atoms with E-state index in [0.717, 1.165) is 0 Å². The van der Waals surface area contributed by atoms with Gasteiger partial charge in [-0.15, -0.1) is 0 Å². The van der Waals surface area contributed by atoms with Crippen LogP contribution in [0.3, 0.4) is 0 Å². The largest absolute Gasteiger partial charge is 0.490 e. The Morgan fingerprint density at radius 2 is 2.19 bits per heavy atom. The van der Waals surface area contributed by atoms with Crippen LogP contribution in [0, 0.1) is 0 Å². The van der Waals surface area contributed by atoms with E-state index in [2.05, 4.69) is 5.16 Å². The summed E-state index contributed by atoms with van der Waals surface area (Å²) in [4.78, 5) is 11.4. The zero-order valence-electron chi connectivity index (χ0n) is 11.7. The Kier molecular flexibility index (Phi) is 5.30. The van der Waals surface area contributed by atoms with Crippen LogP contribution in [-0.2, 0) is 4.74 Å². The lowest BCUT2D eigenvalue weighted by atomic mass is 10.1. The van der Waals surface area contributed by atoms with Crippen molar-refractivity contribution in [2.24, 2.45) is 5.84 Å². The van der Waals surface area contributed by atoms with Crippen LogP contribution in [0.4, 0.5) is 0 Å². The minimum Gasteiger partial charge on any atom is -0.490 e. The van der Waals surface area contributed by atoms with Crippen molar-refractivity contribution in [3.63, 3.8) is 0 Å². The summed E-state index contributed by atoms with van der Waals surface area (Å²) in [6, 6.07) is 8.83. The van der Waals surface area contributed by atoms with E-state index in [9.17, 15) is 4.79 Å². The SMILES string of the molecule is CCOCCOc1ccccc1-c1cc(C(=O)NN)no1. The molecule has 7 heteroatoms. The first kappa shape index (κ1) is 15.0. The molecule has 0 radical (unpaired) electrons. The van der Waals surface area contributed by atoms with Crippen molar-refractivity contribution < 1.29 is 18.8 Å². The molecule has 0 saturated heterocycles. The number of hydrazine groups is 1. The third-order valence-corrected chi connectivity index (χ3v) is 2.72. The number of aromatic nitrogens is 1. The molecule has 2 rings (SSSR count). The van der Waals surface area contributed by atoms with Crippen LogP contribution in [0.5, 0.6) is 5.75 Å². The Bertz CT molecular complexity index is 597. The van der Waals surface area contributed by atoms with Gasteiger partial charge < -0.3 is 14.0 Å². The van der Waals surface area contributed by atoms with Crippen molar-refractivity contribution in [2.75, 3.05) is 19.8 Å². The quantitative estimate of drug-likeness (QED) is 0.346. The molecule has 0 aliphatic heterocycles. The average molecular weight is 291 g/mol. The number of carbonyl (C=O) groups is 1. The van der Waals surface area contributed by atoms with E-state index in [1.54, 1.807) is 0 Å². The lowest BCUT2D eigenvalue weighted by Crippen LogP contribution is -2.30. The number of nitrogens with one attached hydrogen (secondary N) is 1. The van der Waals surface area contributed by atoms with Gasteiger partial charge in [-0.05, 0) is 19.1 Å². The van der Waals surface area contributed by atoms with Gasteiger partial charge in [-0.3, -0.25) is 10.2 Å². The molecule has 21 heavy (non-hydrogen) atoms. The van der Waals surface area contributed by atoms with Gasteiger partial charge in [0.15, 0.2) is 11.5 Å². The van der Waals surface area contributed by atoms with Gasteiger partial charge in [0.05, 0.1) is 12.2 Å². The van der Waals surface area contributed by atoms with E-state index in [0.29, 0.717) is 36.9 Å². The molecule has 0 aliphatic rings. The van der Waals surface area contributed by atoms with E-state index in [-0.39, 0.29) is 5.69 Å². The summed E-state index contributed by atoms with van der Waals surface area (Å²) in [7, 11) is 0. The number of nitrogen functional groups attached to an aromatic ring is 1. The molecule has 112 valence electrons. The monoisotopic (exact) mass is 291 g/mol. The zero-order chi connectivity index (χ0) is 15.1. The summed E-state index contributed by atoms with van der Waals surface area (Å²) in [5.41, 5.74) is 2.81. The van der Waals surface area contributed by atoms with E-state index in [4.69, 9.17) is 19.8 Å². The van der Waals surface area contributed by atoms with Crippen molar-refractivity contribution >= 4 is 5.91 Å². The second kappa shape index (κ2) is 7.41. The summed E-state index contributed by atoms with van der Waals surface area (Å²) in [6.07, 6.45) is 0. The lowest BCUT2D eigenvalue weighted by molar-refractivity contribution is 0.0944. The van der Waals surface area contributed by atoms with Crippen molar-refractivity contribution in [2.45, 2.75) is 6.92 Å². The van der Waals surface area contributed by atoms with Gasteiger partial charge in [-0.2, -0.15) is 0 Å². The minimum atomic E-state index is -0.514. The first-order valence-electron chi connectivity index (χ1n) is 6.54. The zero-order valence-corrected chi connectivity index (χ0v) is 11.7. The van der Waals surface area contributed by atoms with Gasteiger partial charge in [0.1, 0.15) is 12.4 Å². The number of benzene rings is 1. The van der Waals surface area contributed by atoms with Crippen molar-refractivity contribution in [3.05, 3.63) is 36.0 Å². The topological polar surface area (TPSA) is 99.6 Å². The highest BCUT2D eigenvalue weighted by molar-refractivity contribution is 5.92. The number of carbonyl (C=O) groups excluding carboxylic acids is 1. The van der Waals surface area contributed by atoms with Crippen LogP contribution in [-0.4, -0.2) is 30.9 Å². The Labute approximate surface area is 122 Å². The number of nitrogens with zero attached hydrogens (tertiary/aromatic N) is 1. The van der Waals surface area contributed by atoms with Gasteiger partial charge in [-0.1, -0.05) is 17.3 Å². The Morgan fingerprint density at radius 3 is 2.95 bits per heavy atom. The van der Waals surface area contributed by atoms with Crippen LogP contribution in [0.15, 0.2) is 34.9 Å². The molecule has 0 aliphatic carbocycles. The summed E-state index contributed by atoms with van der Waals surface area (Å²) in [6.45, 7) is 3.49. The molecule has 1 amide bonds. The normalized spacial score (nSPS) is 10.4. The van der Waals surface area contributed by atoms with Gasteiger partial charge in [-0.25, -0.2) is 5.84 Å². The summed E-state index contributed by atoms with van der Waals surface area (Å²) >= 11 is 0. The molecule has 7 nitrogen and oxygen atoms in total. The Hall–Kier alpha value is -2.38. The fourth-order valence-electron chi connectivity index (χ4n) is 1.73. The second-order valence-electron chi connectivity index (χ2n) is 4.09. The maximum atomic E-state index is 11.4. The standard InChI is InChI=1S/C14H17N3O4/c1-2-19-7-8-20-12-6-4-3-5-10(12)13-9-11(17-21-13)14(18)16-15/h3-6,9H,2,7-8,15H2,1H3,(H,16,18). The molecule has 1 heterocycles. The molecule has 0 saturated carbocycles. The molecule has 0 bridgehead atoms. The van der Waals surface area contributed by atoms with Gasteiger partial charge in [0.25, 0.3) is 5.91 Å². The lowest BCUT2D eigenvalue weighted by Gasteiger charge is -2.09. The first-order chi connectivity index (χ1) is 10.3. The number of nitrogens with two attached hydrogens (primary N) is 1. The highest BCUT2D eigenvalue weighted by atomic mass is 16.5. The number of amides is 1. The van der Waals surface area contributed by atoms with Crippen molar-refractivity contribution in [3.8, 4) is 17.1 Å². The summed E-state index contributed by atoms with van der Waals surface area (Å²) in [5.74, 6) is 5.61. The third kappa shape index (κ3) is 3.80. The molecule has 2 aromatic rings. The fourth-order valence-corrected chi connectivity index (χ4v) is 1.73. The third-order valence-electron chi connectivity index (χ3n) is 2.72. The minimum absolute atomic E-state index is 0.108. The van der Waals surface area contributed by atoms with E-state index >= 15 is 0 Å². The van der Waals surface area contributed by atoms with Crippen molar-refractivity contribution in [1.82, 2.24) is 10.6 Å². The predicted octanol–water partition coefficient (Wildman–Crippen LogP) is 1.36. The van der Waals surface area contributed by atoms with Gasteiger partial charge in [0.2, 0.25) is 0 Å². The number of para-hydroxylation sites is 1. The molecule has 3 N–H and O–H groups in total. The average Bonchev–Trinajstić information content (AvgIpc) is 3.01. The smallest absolute Gasteiger partial charge is 0.287 e. The highest BCUT2D eigenvalue weighted by Gasteiger charge is 2.15. The fraction of sp³-hybridized carbons (Fsp3) is 0.286. The maximum absolute atomic E-state index is 11.4. The number of rotatable bonds is 7. The summed E-state index contributed by atoms with van der Waals surface area (Å²) < 4.78 is 16.0. The van der Waals surface area contributed by atoms with Crippen LogP contribution in [0.25, 0.3) is 11.3 Å². The highest BCUT2D eigenvalue weighted by Crippen LogP contribution is 2.30. The van der Waals surface area contributed by atoms with Crippen molar-refractivity contribution in [1.29, 1.82) is 0 Å². The number of hydrogen-bond donors (Lipinski definition) is 2. The summed E-state index contributed by atoms with van der Waals surface area (Å²) in [5, 5.41) is 3.67. The molecule has 1 aromatic carbocycles. The van der Waals surface area contributed by atoms with E-state index < -0.39 is 5.91 Å². The number of hydrogen-bond acceptors (Lipinski definition) is 6. The Morgan fingerprint density at radius 1 is 1.38 bits per heavy atom. The second-order valence-corrected chi connectivity index (χ2v) is 4.09. The van der Waals surface area contributed by atoms with Crippen LogP contribution in [0.2, 0.25) is 0 Å². The van der Waals surface area contributed by atoms with Crippen LogP contribution >= 0.6 is 0 Å². The van der Waals surface area contributed by atoms with Gasteiger partial charge in [0, 0.05) is 12.7 Å². The number of ether oxygens (including phenoxy) is 2. The molecule has 0 fully saturated rings. The first-order valence-corrected chi connectivity index (χ1v) is 6.54. The molecule has 0 atom stereocenters. The van der Waals surface area contributed by atoms with E-state index in [1.165, 1.54) is 6.07 Å². The van der Waals surface area contributed by atoms with Gasteiger partial charge >= 0.3 is 0 Å². The molecule has 0 unspecified atom stereocenters. The van der Waals surface area contributed by atoms with Crippen LogP contribution in [0.1, 0.15) is 17.4 Å². The molecular formula is C14H17N3O4.